The monoisotopic (exact) mass is 638 g/mol. The zero-order valence-electron chi connectivity index (χ0n) is 27.1. The van der Waals surface area contributed by atoms with E-state index < -0.39 is 35.3 Å². The molecule has 0 aliphatic rings. The highest BCUT2D eigenvalue weighted by molar-refractivity contribution is 7.91. The number of aryl methyl sites for hydroxylation is 2. The average molecular weight is 639 g/mol. The van der Waals surface area contributed by atoms with Gasteiger partial charge in [-0.15, -0.1) is 10.2 Å². The Balaban J connectivity index is 1.86. The number of pyridine rings is 1. The summed E-state index contributed by atoms with van der Waals surface area (Å²) in [7, 11) is -3.31. The third-order valence-electron chi connectivity index (χ3n) is 8.09. The van der Waals surface area contributed by atoms with Crippen LogP contribution in [0, 0.1) is 13.8 Å². The molecule has 0 spiro atoms. The van der Waals surface area contributed by atoms with E-state index >= 15 is 0 Å². The van der Waals surface area contributed by atoms with Crippen LogP contribution in [0.15, 0.2) is 49.1 Å². The van der Waals surface area contributed by atoms with Gasteiger partial charge in [0.05, 0.1) is 19.5 Å². The molecular formula is C31H42N6O5SSi. The molecule has 44 heavy (non-hydrogen) atoms. The standard InChI is InChI=1S/C31H42N6O5SSi/c1-20-14-23(18-32-15-20)30-36-35-26(37(30)27-24(40-7)12-11-13-25(27)41-8)19-43(38,39)22(3)28(29-33-16-21(2)17-34-29)42-44(9,10)31(4,5)6/h11-18,22,28H,19H2,1-10H3/t22-,28+/m1/s1. The van der Waals surface area contributed by atoms with Gasteiger partial charge in [-0.2, -0.15) is 0 Å². The van der Waals surface area contributed by atoms with Crippen LogP contribution in [0.3, 0.4) is 0 Å². The molecule has 0 unspecified atom stereocenters. The van der Waals surface area contributed by atoms with E-state index in [9.17, 15) is 8.42 Å². The summed E-state index contributed by atoms with van der Waals surface area (Å²) in [6.45, 7) is 15.9. The van der Waals surface area contributed by atoms with Gasteiger partial charge in [-0.25, -0.2) is 18.4 Å². The third-order valence-corrected chi connectivity index (χ3v) is 14.6. The van der Waals surface area contributed by atoms with E-state index in [-0.39, 0.29) is 10.9 Å². The number of methoxy groups -OCH3 is 2. The van der Waals surface area contributed by atoms with E-state index in [2.05, 4.69) is 59.0 Å². The zero-order chi connectivity index (χ0) is 32.4. The first kappa shape index (κ1) is 33.2. The maximum absolute atomic E-state index is 14.3. The van der Waals surface area contributed by atoms with Crippen molar-refractivity contribution in [3.05, 3.63) is 71.8 Å². The number of rotatable bonds is 11. The highest BCUT2D eigenvalue weighted by Gasteiger charge is 2.44. The molecule has 0 fully saturated rings. The number of ether oxygens (including phenoxy) is 2. The molecule has 0 saturated heterocycles. The fourth-order valence-electron chi connectivity index (χ4n) is 4.46. The maximum Gasteiger partial charge on any atom is 0.193 e. The lowest BCUT2D eigenvalue weighted by atomic mass is 10.2. The largest absolute Gasteiger partial charge is 0.494 e. The van der Waals surface area contributed by atoms with E-state index in [1.165, 1.54) is 0 Å². The van der Waals surface area contributed by atoms with E-state index in [1.807, 2.05) is 19.9 Å². The first-order chi connectivity index (χ1) is 20.6. The second-order valence-corrected chi connectivity index (χ2v) is 19.6. The zero-order valence-corrected chi connectivity index (χ0v) is 28.9. The number of nitrogens with zero attached hydrogens (tertiary/aromatic N) is 6. The van der Waals surface area contributed by atoms with Gasteiger partial charge in [0.25, 0.3) is 0 Å². The molecule has 236 valence electrons. The van der Waals surface area contributed by atoms with Crippen LogP contribution in [0.2, 0.25) is 18.1 Å². The Bertz CT molecular complexity index is 1700. The SMILES string of the molecule is COc1cccc(OC)c1-n1c(CS(=O)(=O)[C@H](C)[C@H](O[Si](C)(C)C(C)(C)C)c2ncc(C)cn2)nnc1-c1cncc(C)c1. The van der Waals surface area contributed by atoms with Gasteiger partial charge < -0.3 is 13.9 Å². The number of aromatic nitrogens is 6. The minimum atomic E-state index is -3.94. The van der Waals surface area contributed by atoms with Crippen LogP contribution in [0.5, 0.6) is 11.5 Å². The summed E-state index contributed by atoms with van der Waals surface area (Å²) in [6.07, 6.45) is 5.86. The van der Waals surface area contributed by atoms with Crippen LogP contribution < -0.4 is 9.47 Å². The van der Waals surface area contributed by atoms with E-state index in [4.69, 9.17) is 13.9 Å². The summed E-state index contributed by atoms with van der Waals surface area (Å²) in [6, 6.07) is 7.25. The Morgan fingerprint density at radius 3 is 2.09 bits per heavy atom. The Hall–Kier alpha value is -3.68. The van der Waals surface area contributed by atoms with E-state index in [0.29, 0.717) is 34.4 Å². The smallest absolute Gasteiger partial charge is 0.193 e. The average Bonchev–Trinajstić information content (AvgIpc) is 3.37. The molecule has 11 nitrogen and oxygen atoms in total. The molecule has 3 heterocycles. The highest BCUT2D eigenvalue weighted by Crippen LogP contribution is 2.42. The molecule has 0 amide bonds. The first-order valence-corrected chi connectivity index (χ1v) is 19.0. The Morgan fingerprint density at radius 2 is 1.55 bits per heavy atom. The third kappa shape index (κ3) is 6.84. The normalized spacial score (nSPS) is 13.9. The molecule has 4 aromatic rings. The summed E-state index contributed by atoms with van der Waals surface area (Å²) < 4.78 is 48.5. The van der Waals surface area contributed by atoms with Gasteiger partial charge >= 0.3 is 0 Å². The molecule has 0 aliphatic heterocycles. The highest BCUT2D eigenvalue weighted by atomic mass is 32.2. The van der Waals surface area contributed by atoms with Crippen LogP contribution in [-0.2, 0) is 20.0 Å². The predicted molar refractivity (Wildman–Crippen MR) is 172 cm³/mol. The minimum Gasteiger partial charge on any atom is -0.494 e. The second kappa shape index (κ2) is 12.7. The number of hydrogen-bond donors (Lipinski definition) is 0. The number of para-hydroxylation sites is 1. The molecule has 0 saturated carbocycles. The number of benzene rings is 1. The lowest BCUT2D eigenvalue weighted by molar-refractivity contribution is 0.172. The quantitative estimate of drug-likeness (QED) is 0.185. The van der Waals surface area contributed by atoms with Gasteiger partial charge in [-0.1, -0.05) is 26.8 Å². The summed E-state index contributed by atoms with van der Waals surface area (Å²) in [4.78, 5) is 13.3. The molecule has 1 aromatic carbocycles. The molecule has 2 atom stereocenters. The molecule has 3 aromatic heterocycles. The van der Waals surface area contributed by atoms with Crippen molar-refractivity contribution in [2.75, 3.05) is 14.2 Å². The van der Waals surface area contributed by atoms with Crippen molar-refractivity contribution in [2.45, 2.75) is 76.8 Å². The summed E-state index contributed by atoms with van der Waals surface area (Å²) in [5.41, 5.74) is 2.92. The Kier molecular flexibility index (Phi) is 9.62. The fraction of sp³-hybridized carbons (Fsp3) is 0.452. The molecule has 0 bridgehead atoms. The van der Waals surface area contributed by atoms with Gasteiger partial charge in [0.1, 0.15) is 29.0 Å². The van der Waals surface area contributed by atoms with Crippen LogP contribution in [0.4, 0.5) is 0 Å². The predicted octanol–water partition coefficient (Wildman–Crippen LogP) is 5.82. The van der Waals surface area contributed by atoms with Gasteiger partial charge in [0, 0.05) is 30.4 Å². The van der Waals surface area contributed by atoms with Crippen molar-refractivity contribution in [1.82, 2.24) is 29.7 Å². The Labute approximate surface area is 261 Å². The van der Waals surface area contributed by atoms with Crippen molar-refractivity contribution in [3.8, 4) is 28.6 Å². The van der Waals surface area contributed by atoms with Crippen LogP contribution in [0.1, 0.15) is 56.6 Å². The summed E-state index contributed by atoms with van der Waals surface area (Å²) >= 11 is 0. The van der Waals surface area contributed by atoms with Gasteiger partial charge in [0.15, 0.2) is 35.6 Å². The fourth-order valence-corrected chi connectivity index (χ4v) is 7.22. The molecule has 13 heteroatoms. The van der Waals surface area contributed by atoms with Crippen molar-refractivity contribution in [1.29, 1.82) is 0 Å². The number of hydrogen-bond acceptors (Lipinski definition) is 10. The molecule has 0 radical (unpaired) electrons. The topological polar surface area (TPSA) is 131 Å². The minimum absolute atomic E-state index is 0.170. The lowest BCUT2D eigenvalue weighted by Gasteiger charge is -2.40. The Morgan fingerprint density at radius 1 is 0.932 bits per heavy atom. The van der Waals surface area contributed by atoms with Crippen molar-refractivity contribution in [2.24, 2.45) is 0 Å². The van der Waals surface area contributed by atoms with Crippen molar-refractivity contribution >= 4 is 18.2 Å². The van der Waals surface area contributed by atoms with Gasteiger partial charge in [0.2, 0.25) is 0 Å². The molecule has 0 N–H and O–H groups in total. The summed E-state index contributed by atoms with van der Waals surface area (Å²) in [5, 5.41) is 7.68. The van der Waals surface area contributed by atoms with Crippen LogP contribution in [0.25, 0.3) is 17.1 Å². The van der Waals surface area contributed by atoms with Crippen molar-refractivity contribution in [3.63, 3.8) is 0 Å². The van der Waals surface area contributed by atoms with E-state index in [1.54, 1.807) is 68.7 Å². The van der Waals surface area contributed by atoms with Crippen LogP contribution in [-0.4, -0.2) is 65.9 Å². The van der Waals surface area contributed by atoms with Crippen molar-refractivity contribution < 1.29 is 22.3 Å². The van der Waals surface area contributed by atoms with Gasteiger partial charge in [-0.05, 0) is 68.2 Å². The van der Waals surface area contributed by atoms with E-state index in [0.717, 1.165) is 11.1 Å². The molecular weight excluding hydrogens is 597 g/mol. The van der Waals surface area contributed by atoms with Crippen LogP contribution >= 0.6 is 0 Å². The van der Waals surface area contributed by atoms with Gasteiger partial charge in [-0.3, -0.25) is 9.55 Å². The first-order valence-electron chi connectivity index (χ1n) is 14.3. The number of sulfone groups is 1. The molecule has 4 rings (SSSR count). The second-order valence-electron chi connectivity index (χ2n) is 12.5. The molecule has 0 aliphatic carbocycles. The summed E-state index contributed by atoms with van der Waals surface area (Å²) in [5.74, 6) is 1.40. The maximum atomic E-state index is 14.3. The lowest BCUT2D eigenvalue weighted by Crippen LogP contribution is -2.45.